The average Bonchev–Trinajstić information content (AvgIpc) is 2.96. The van der Waals surface area contributed by atoms with E-state index in [0.29, 0.717) is 18.4 Å². The van der Waals surface area contributed by atoms with Gasteiger partial charge in [-0.3, -0.25) is 19.3 Å². The lowest BCUT2D eigenvalue weighted by Gasteiger charge is -2.21. The summed E-state index contributed by atoms with van der Waals surface area (Å²) >= 11 is 0. The number of ketones is 1. The number of amides is 2. The van der Waals surface area contributed by atoms with Crippen LogP contribution in [-0.4, -0.2) is 41.1 Å². The van der Waals surface area contributed by atoms with Crippen molar-refractivity contribution in [3.63, 3.8) is 0 Å². The summed E-state index contributed by atoms with van der Waals surface area (Å²) in [6.07, 6.45) is 5.68. The lowest BCUT2D eigenvalue weighted by Crippen LogP contribution is -2.44. The first-order valence-corrected chi connectivity index (χ1v) is 9.24. The van der Waals surface area contributed by atoms with E-state index in [1.54, 1.807) is 12.1 Å². The summed E-state index contributed by atoms with van der Waals surface area (Å²) in [6, 6.07) is 6.07. The van der Waals surface area contributed by atoms with Crippen LogP contribution < -0.4 is 0 Å². The first-order chi connectivity index (χ1) is 12.9. The molecule has 0 aromatic heterocycles. The van der Waals surface area contributed by atoms with E-state index in [1.165, 1.54) is 6.92 Å². The number of Topliss-reactive ketones (excluding diaryl/α,β-unsaturated/α-hetero) is 1. The van der Waals surface area contributed by atoms with Crippen LogP contribution in [-0.2, 0) is 25.5 Å². The van der Waals surface area contributed by atoms with Crippen LogP contribution in [0, 0.1) is 11.8 Å². The predicted molar refractivity (Wildman–Crippen MR) is 97.8 cm³/mol. The molecule has 1 aromatic carbocycles. The van der Waals surface area contributed by atoms with Gasteiger partial charge in [0.05, 0.1) is 11.8 Å². The molecule has 0 bridgehead atoms. The number of allylic oxidation sites excluding steroid dienone is 2. The van der Waals surface area contributed by atoms with Gasteiger partial charge in [-0.1, -0.05) is 43.3 Å². The molecule has 27 heavy (non-hydrogen) atoms. The fourth-order valence-corrected chi connectivity index (χ4v) is 3.58. The Kier molecular flexibility index (Phi) is 5.54. The second-order valence-corrected chi connectivity index (χ2v) is 6.96. The lowest BCUT2D eigenvalue weighted by atomic mass is 9.85. The van der Waals surface area contributed by atoms with Crippen molar-refractivity contribution in [1.29, 1.82) is 0 Å². The highest BCUT2D eigenvalue weighted by Crippen LogP contribution is 2.36. The highest BCUT2D eigenvalue weighted by Gasteiger charge is 2.50. The standard InChI is InChI=1S/C21H23NO5/c1-3-14-8-10-15(11-9-14)18(23)12-27-21(26)13(2)22-19(24)16-6-4-5-7-17(16)20(22)25/h4-5,8-11,13,16-17H,3,6-7,12H2,1-2H3/t13-,16-,17-/m0/s1. The molecule has 0 saturated carbocycles. The minimum absolute atomic E-state index is 0.324. The molecular formula is C21H23NO5. The zero-order valence-corrected chi connectivity index (χ0v) is 15.5. The summed E-state index contributed by atoms with van der Waals surface area (Å²) < 4.78 is 5.09. The Morgan fingerprint density at radius 2 is 1.63 bits per heavy atom. The van der Waals surface area contributed by atoms with Gasteiger partial charge < -0.3 is 4.74 Å². The van der Waals surface area contributed by atoms with E-state index in [2.05, 4.69) is 0 Å². The van der Waals surface area contributed by atoms with Gasteiger partial charge >= 0.3 is 5.97 Å². The number of ether oxygens (including phenoxy) is 1. The number of nitrogens with zero attached hydrogens (tertiary/aromatic N) is 1. The maximum atomic E-state index is 12.5. The summed E-state index contributed by atoms with van der Waals surface area (Å²) in [5, 5.41) is 0. The van der Waals surface area contributed by atoms with Gasteiger partial charge in [0.2, 0.25) is 11.8 Å². The smallest absolute Gasteiger partial charge is 0.329 e. The monoisotopic (exact) mass is 369 g/mol. The van der Waals surface area contributed by atoms with Crippen molar-refractivity contribution in [1.82, 2.24) is 4.90 Å². The summed E-state index contributed by atoms with van der Waals surface area (Å²) in [5.41, 5.74) is 1.57. The predicted octanol–water partition coefficient (Wildman–Crippen LogP) is 2.31. The summed E-state index contributed by atoms with van der Waals surface area (Å²) in [5.74, 6) is -2.52. The van der Waals surface area contributed by atoms with Crippen molar-refractivity contribution in [3.05, 3.63) is 47.5 Å². The van der Waals surface area contributed by atoms with Crippen molar-refractivity contribution in [2.75, 3.05) is 6.61 Å². The molecule has 2 amide bonds. The fourth-order valence-electron chi connectivity index (χ4n) is 3.58. The summed E-state index contributed by atoms with van der Waals surface area (Å²) in [4.78, 5) is 50.6. The molecule has 1 aliphatic carbocycles. The molecule has 3 rings (SSSR count). The Hall–Kier alpha value is -2.76. The third-order valence-corrected chi connectivity index (χ3v) is 5.30. The van der Waals surface area contributed by atoms with Gasteiger partial charge in [-0.15, -0.1) is 0 Å². The van der Waals surface area contributed by atoms with E-state index < -0.39 is 30.5 Å². The number of fused-ring (bicyclic) bond motifs is 1. The maximum Gasteiger partial charge on any atom is 0.329 e. The Bertz CT molecular complexity index is 769. The van der Waals surface area contributed by atoms with Crippen LogP contribution in [0.5, 0.6) is 0 Å². The highest BCUT2D eigenvalue weighted by atomic mass is 16.5. The molecule has 0 N–H and O–H groups in total. The number of esters is 1. The van der Waals surface area contributed by atoms with Crippen molar-refractivity contribution >= 4 is 23.6 Å². The minimum Gasteiger partial charge on any atom is -0.456 e. The van der Waals surface area contributed by atoms with E-state index in [0.717, 1.165) is 16.9 Å². The lowest BCUT2D eigenvalue weighted by molar-refractivity contribution is -0.157. The highest BCUT2D eigenvalue weighted by molar-refractivity contribution is 6.08. The molecule has 3 atom stereocenters. The number of likely N-dealkylation sites (tertiary alicyclic amines) is 1. The maximum absolute atomic E-state index is 12.5. The van der Waals surface area contributed by atoms with Gasteiger partial charge in [-0.25, -0.2) is 4.79 Å². The average molecular weight is 369 g/mol. The molecule has 142 valence electrons. The Morgan fingerprint density at radius 1 is 1.07 bits per heavy atom. The summed E-state index contributed by atoms with van der Waals surface area (Å²) in [6.45, 7) is 3.07. The first kappa shape index (κ1) is 19.0. The molecule has 2 aliphatic rings. The van der Waals surface area contributed by atoms with Crippen LogP contribution in [0.1, 0.15) is 42.6 Å². The number of hydrogen-bond acceptors (Lipinski definition) is 5. The van der Waals surface area contributed by atoms with Crippen molar-refractivity contribution in [2.45, 2.75) is 39.2 Å². The Balaban J connectivity index is 1.59. The number of rotatable bonds is 6. The van der Waals surface area contributed by atoms with Gasteiger partial charge in [-0.2, -0.15) is 0 Å². The second-order valence-electron chi connectivity index (χ2n) is 6.96. The van der Waals surface area contributed by atoms with Crippen LogP contribution in [0.25, 0.3) is 0 Å². The van der Waals surface area contributed by atoms with Gasteiger partial charge in [0.15, 0.2) is 12.4 Å². The third kappa shape index (κ3) is 3.70. The SMILES string of the molecule is CCc1ccc(C(=O)COC(=O)[C@H](C)N2C(=O)[C@H]3CC=CC[C@@H]3C2=O)cc1. The molecule has 1 heterocycles. The molecule has 0 unspecified atom stereocenters. The fraction of sp³-hybridized carbons (Fsp3) is 0.429. The molecule has 1 aromatic rings. The zero-order valence-electron chi connectivity index (χ0n) is 15.5. The number of benzene rings is 1. The van der Waals surface area contributed by atoms with E-state index in [-0.39, 0.29) is 17.6 Å². The van der Waals surface area contributed by atoms with Crippen LogP contribution in [0.3, 0.4) is 0 Å². The number of imide groups is 1. The molecule has 6 heteroatoms. The van der Waals surface area contributed by atoms with Gasteiger partial charge in [0.25, 0.3) is 0 Å². The van der Waals surface area contributed by atoms with E-state index in [1.807, 2.05) is 31.2 Å². The molecule has 1 saturated heterocycles. The van der Waals surface area contributed by atoms with E-state index >= 15 is 0 Å². The van der Waals surface area contributed by atoms with Crippen LogP contribution in [0.4, 0.5) is 0 Å². The van der Waals surface area contributed by atoms with Gasteiger partial charge in [-0.05, 0) is 31.7 Å². The van der Waals surface area contributed by atoms with E-state index in [9.17, 15) is 19.2 Å². The quantitative estimate of drug-likeness (QED) is 0.333. The van der Waals surface area contributed by atoms with Gasteiger partial charge in [0.1, 0.15) is 6.04 Å². The van der Waals surface area contributed by atoms with E-state index in [4.69, 9.17) is 4.74 Å². The largest absolute Gasteiger partial charge is 0.456 e. The topological polar surface area (TPSA) is 80.8 Å². The van der Waals surface area contributed by atoms with Crippen molar-refractivity contribution in [3.8, 4) is 0 Å². The Labute approximate surface area is 158 Å². The van der Waals surface area contributed by atoms with Crippen LogP contribution in [0.15, 0.2) is 36.4 Å². The van der Waals surface area contributed by atoms with Gasteiger partial charge in [0, 0.05) is 5.56 Å². The van der Waals surface area contributed by atoms with Crippen molar-refractivity contribution < 1.29 is 23.9 Å². The first-order valence-electron chi connectivity index (χ1n) is 9.24. The molecule has 1 fully saturated rings. The Morgan fingerprint density at radius 3 is 2.15 bits per heavy atom. The number of carbonyl (C=O) groups excluding carboxylic acids is 4. The third-order valence-electron chi connectivity index (χ3n) is 5.30. The number of aryl methyl sites for hydroxylation is 1. The van der Waals surface area contributed by atoms with Crippen molar-refractivity contribution in [2.24, 2.45) is 11.8 Å². The van der Waals surface area contributed by atoms with Crippen LogP contribution in [0.2, 0.25) is 0 Å². The molecular weight excluding hydrogens is 346 g/mol. The molecule has 6 nitrogen and oxygen atoms in total. The molecule has 1 aliphatic heterocycles. The molecule has 0 spiro atoms. The summed E-state index contributed by atoms with van der Waals surface area (Å²) in [7, 11) is 0. The normalized spacial score (nSPS) is 22.5. The zero-order chi connectivity index (χ0) is 19.6. The van der Waals surface area contributed by atoms with Crippen LogP contribution >= 0.6 is 0 Å². The number of hydrogen-bond donors (Lipinski definition) is 0. The second kappa shape index (κ2) is 7.86. The number of carbonyl (C=O) groups is 4. The molecule has 0 radical (unpaired) electrons. The minimum atomic E-state index is -1.04.